The van der Waals surface area contributed by atoms with E-state index in [1.807, 2.05) is 6.92 Å². The van der Waals surface area contributed by atoms with Gasteiger partial charge in [-0.15, -0.1) is 0 Å². The number of hydrogen-bond donors (Lipinski definition) is 1. The smallest absolute Gasteiger partial charge is 0.0541 e. The van der Waals surface area contributed by atoms with E-state index in [1.165, 1.54) is 45.2 Å². The predicted octanol–water partition coefficient (Wildman–Crippen LogP) is 2.90. The molecule has 0 spiro atoms. The molecule has 1 aliphatic heterocycles. The second kappa shape index (κ2) is 5.71. The summed E-state index contributed by atoms with van der Waals surface area (Å²) in [4.78, 5) is 2.70. The minimum atomic E-state index is -0.110. The molecule has 1 saturated heterocycles. The number of rotatable bonds is 2. The Morgan fingerprint density at radius 2 is 1.53 bits per heavy atom. The summed E-state index contributed by atoms with van der Waals surface area (Å²) in [5.41, 5.74) is 0. The molecule has 2 heteroatoms. The van der Waals surface area contributed by atoms with Crippen molar-refractivity contribution in [3.05, 3.63) is 0 Å². The fourth-order valence-electron chi connectivity index (χ4n) is 3.97. The lowest BCUT2D eigenvalue weighted by atomic mass is 9.79. The number of piperidine rings is 1. The van der Waals surface area contributed by atoms with Gasteiger partial charge in [-0.3, -0.25) is 0 Å². The van der Waals surface area contributed by atoms with Crippen LogP contribution >= 0.6 is 0 Å². The molecule has 0 aromatic rings. The van der Waals surface area contributed by atoms with Gasteiger partial charge in [-0.2, -0.15) is 0 Å². The van der Waals surface area contributed by atoms with Crippen LogP contribution in [0.5, 0.6) is 0 Å². The van der Waals surface area contributed by atoms with Crippen LogP contribution in [0.4, 0.5) is 0 Å². The van der Waals surface area contributed by atoms with Crippen LogP contribution in [0.25, 0.3) is 0 Å². The first-order valence-corrected chi connectivity index (χ1v) is 7.48. The van der Waals surface area contributed by atoms with Gasteiger partial charge in [-0.25, -0.2) is 0 Å². The van der Waals surface area contributed by atoms with Crippen molar-refractivity contribution in [1.82, 2.24) is 4.90 Å². The predicted molar refractivity (Wildman–Crippen MR) is 71.9 cm³/mol. The van der Waals surface area contributed by atoms with Crippen molar-refractivity contribution in [3.8, 4) is 0 Å². The SMILES string of the molecule is CC1CC(C)CC(N2CCC(C(C)O)CC2)C1. The van der Waals surface area contributed by atoms with Gasteiger partial charge in [0.2, 0.25) is 0 Å². The summed E-state index contributed by atoms with van der Waals surface area (Å²) in [5.74, 6) is 2.35. The summed E-state index contributed by atoms with van der Waals surface area (Å²) >= 11 is 0. The molecule has 2 nitrogen and oxygen atoms in total. The first kappa shape index (κ1) is 13.4. The monoisotopic (exact) mass is 239 g/mol. The first-order chi connectivity index (χ1) is 8.06. The molecule has 0 bridgehead atoms. The van der Waals surface area contributed by atoms with E-state index in [1.54, 1.807) is 0 Å². The van der Waals surface area contributed by atoms with Crippen molar-refractivity contribution in [3.63, 3.8) is 0 Å². The largest absolute Gasteiger partial charge is 0.393 e. The first-order valence-electron chi connectivity index (χ1n) is 7.48. The maximum Gasteiger partial charge on any atom is 0.0541 e. The minimum absolute atomic E-state index is 0.110. The second-order valence-electron chi connectivity index (χ2n) is 6.69. The van der Waals surface area contributed by atoms with Crippen LogP contribution in [0.15, 0.2) is 0 Å². The quantitative estimate of drug-likeness (QED) is 0.801. The third-order valence-corrected chi connectivity index (χ3v) is 4.93. The minimum Gasteiger partial charge on any atom is -0.393 e. The Balaban J connectivity index is 1.83. The van der Waals surface area contributed by atoms with E-state index in [9.17, 15) is 5.11 Å². The van der Waals surface area contributed by atoms with Gasteiger partial charge < -0.3 is 10.0 Å². The van der Waals surface area contributed by atoms with Gasteiger partial charge >= 0.3 is 0 Å². The van der Waals surface area contributed by atoms with Crippen molar-refractivity contribution in [1.29, 1.82) is 0 Å². The fourth-order valence-corrected chi connectivity index (χ4v) is 3.97. The molecule has 100 valence electrons. The van der Waals surface area contributed by atoms with Crippen molar-refractivity contribution in [2.75, 3.05) is 13.1 Å². The highest BCUT2D eigenvalue weighted by atomic mass is 16.3. The van der Waals surface area contributed by atoms with Gasteiger partial charge in [0.05, 0.1) is 6.10 Å². The standard InChI is InChI=1S/C15H29NO/c1-11-8-12(2)10-15(9-11)16-6-4-14(5-7-16)13(3)17/h11-15,17H,4-10H2,1-3H3. The Labute approximate surface area is 106 Å². The van der Waals surface area contributed by atoms with E-state index in [4.69, 9.17) is 0 Å². The van der Waals surface area contributed by atoms with Crippen LogP contribution < -0.4 is 0 Å². The molecular weight excluding hydrogens is 210 g/mol. The number of likely N-dealkylation sites (tertiary alicyclic amines) is 1. The molecule has 1 N–H and O–H groups in total. The highest BCUT2D eigenvalue weighted by Gasteiger charge is 2.31. The van der Waals surface area contributed by atoms with Crippen LogP contribution in [-0.4, -0.2) is 35.2 Å². The van der Waals surface area contributed by atoms with Crippen molar-refractivity contribution >= 4 is 0 Å². The summed E-state index contributed by atoms with van der Waals surface area (Å²) in [6.07, 6.45) is 6.48. The average Bonchev–Trinajstić information content (AvgIpc) is 2.28. The summed E-state index contributed by atoms with van der Waals surface area (Å²) in [7, 11) is 0. The molecule has 1 saturated carbocycles. The fraction of sp³-hybridized carbons (Fsp3) is 1.00. The molecule has 0 radical (unpaired) electrons. The topological polar surface area (TPSA) is 23.5 Å². The average molecular weight is 239 g/mol. The molecule has 1 aliphatic carbocycles. The maximum atomic E-state index is 9.64. The zero-order valence-corrected chi connectivity index (χ0v) is 11.7. The third kappa shape index (κ3) is 3.45. The van der Waals surface area contributed by atoms with E-state index in [2.05, 4.69) is 18.7 Å². The van der Waals surface area contributed by atoms with Gasteiger partial charge in [-0.1, -0.05) is 13.8 Å². The van der Waals surface area contributed by atoms with Crippen molar-refractivity contribution in [2.45, 2.75) is 65.0 Å². The third-order valence-electron chi connectivity index (χ3n) is 4.93. The molecule has 0 aromatic heterocycles. The lowest BCUT2D eigenvalue weighted by Gasteiger charge is -2.43. The van der Waals surface area contributed by atoms with Crippen LogP contribution in [0, 0.1) is 17.8 Å². The molecule has 2 aliphatic rings. The summed E-state index contributed by atoms with van der Waals surface area (Å²) in [6, 6.07) is 0.823. The summed E-state index contributed by atoms with van der Waals surface area (Å²) in [6.45, 7) is 9.18. The lowest BCUT2D eigenvalue weighted by Crippen LogP contribution is -2.46. The highest BCUT2D eigenvalue weighted by molar-refractivity contribution is 4.85. The number of aliphatic hydroxyl groups is 1. The van der Waals surface area contributed by atoms with E-state index < -0.39 is 0 Å². The van der Waals surface area contributed by atoms with E-state index in [0.717, 1.165) is 17.9 Å². The van der Waals surface area contributed by atoms with Crippen molar-refractivity contribution < 1.29 is 5.11 Å². The lowest BCUT2D eigenvalue weighted by molar-refractivity contribution is 0.0350. The Morgan fingerprint density at radius 3 is 2.00 bits per heavy atom. The van der Waals surface area contributed by atoms with Crippen LogP contribution in [0.1, 0.15) is 52.9 Å². The second-order valence-corrected chi connectivity index (χ2v) is 6.69. The molecule has 3 unspecified atom stereocenters. The zero-order chi connectivity index (χ0) is 12.4. The number of hydrogen-bond acceptors (Lipinski definition) is 2. The maximum absolute atomic E-state index is 9.64. The molecule has 0 aromatic carbocycles. The molecule has 17 heavy (non-hydrogen) atoms. The van der Waals surface area contributed by atoms with Gasteiger partial charge in [0.15, 0.2) is 0 Å². The van der Waals surface area contributed by atoms with Crippen LogP contribution in [-0.2, 0) is 0 Å². The van der Waals surface area contributed by atoms with Crippen LogP contribution in [0.3, 0.4) is 0 Å². The van der Waals surface area contributed by atoms with E-state index in [0.29, 0.717) is 5.92 Å². The summed E-state index contributed by atoms with van der Waals surface area (Å²) in [5, 5.41) is 9.64. The van der Waals surface area contributed by atoms with Gasteiger partial charge in [-0.05, 0) is 69.9 Å². The van der Waals surface area contributed by atoms with Crippen molar-refractivity contribution in [2.24, 2.45) is 17.8 Å². The highest BCUT2D eigenvalue weighted by Crippen LogP contribution is 2.33. The molecular formula is C15H29NO. The number of nitrogens with zero attached hydrogens (tertiary/aromatic N) is 1. The van der Waals surface area contributed by atoms with Crippen LogP contribution in [0.2, 0.25) is 0 Å². The Bertz CT molecular complexity index is 223. The number of aliphatic hydroxyl groups excluding tert-OH is 1. The summed E-state index contributed by atoms with van der Waals surface area (Å²) < 4.78 is 0. The van der Waals surface area contributed by atoms with Gasteiger partial charge in [0.25, 0.3) is 0 Å². The molecule has 3 atom stereocenters. The van der Waals surface area contributed by atoms with E-state index in [-0.39, 0.29) is 6.10 Å². The Morgan fingerprint density at radius 1 is 1.00 bits per heavy atom. The zero-order valence-electron chi connectivity index (χ0n) is 11.7. The normalized spacial score (nSPS) is 39.2. The van der Waals surface area contributed by atoms with Gasteiger partial charge in [0.1, 0.15) is 0 Å². The molecule has 0 amide bonds. The van der Waals surface area contributed by atoms with Gasteiger partial charge in [0, 0.05) is 6.04 Å². The molecule has 2 fully saturated rings. The Hall–Kier alpha value is -0.0800. The molecule has 2 rings (SSSR count). The Kier molecular flexibility index (Phi) is 4.48. The van der Waals surface area contributed by atoms with E-state index >= 15 is 0 Å². The molecule has 1 heterocycles.